The Bertz CT molecular complexity index is 543. The van der Waals surface area contributed by atoms with Gasteiger partial charge >= 0.3 is 0 Å². The van der Waals surface area contributed by atoms with Crippen molar-refractivity contribution in [3.63, 3.8) is 0 Å². The number of nitrogens with one attached hydrogen (secondary N) is 1. The third kappa shape index (κ3) is 4.52. The SMILES string of the molecule is COc1ccc(N[C@@H](C)c2ccc(CC(C)C)cc2)cc1. The lowest BCUT2D eigenvalue weighted by Crippen LogP contribution is -2.06. The zero-order valence-corrected chi connectivity index (χ0v) is 13.4. The maximum Gasteiger partial charge on any atom is 0.119 e. The standard InChI is InChI=1S/C19H25NO/c1-14(2)13-16-5-7-17(8-6-16)15(3)20-18-9-11-19(21-4)12-10-18/h5-12,14-15,20H,13H2,1-4H3/t15-/m0/s1. The molecule has 0 radical (unpaired) electrons. The van der Waals surface area contributed by atoms with Gasteiger partial charge in [0.25, 0.3) is 0 Å². The molecular formula is C19H25NO. The van der Waals surface area contributed by atoms with E-state index in [0.717, 1.165) is 17.9 Å². The van der Waals surface area contributed by atoms with Crippen LogP contribution in [0, 0.1) is 5.92 Å². The van der Waals surface area contributed by atoms with Gasteiger partial charge in [-0.05, 0) is 54.7 Å². The van der Waals surface area contributed by atoms with Crippen LogP contribution in [0.15, 0.2) is 48.5 Å². The Balaban J connectivity index is 2.00. The van der Waals surface area contributed by atoms with Gasteiger partial charge in [0.2, 0.25) is 0 Å². The van der Waals surface area contributed by atoms with Gasteiger partial charge in [-0.1, -0.05) is 38.1 Å². The summed E-state index contributed by atoms with van der Waals surface area (Å²) >= 11 is 0. The van der Waals surface area contributed by atoms with Gasteiger partial charge in [0.1, 0.15) is 5.75 Å². The molecule has 2 nitrogen and oxygen atoms in total. The Morgan fingerprint density at radius 3 is 2.05 bits per heavy atom. The molecule has 0 amide bonds. The second-order valence-electron chi connectivity index (χ2n) is 5.93. The van der Waals surface area contributed by atoms with Crippen molar-refractivity contribution in [2.24, 2.45) is 5.92 Å². The highest BCUT2D eigenvalue weighted by Gasteiger charge is 2.06. The Hall–Kier alpha value is -1.96. The van der Waals surface area contributed by atoms with E-state index in [1.54, 1.807) is 7.11 Å². The van der Waals surface area contributed by atoms with Crippen LogP contribution in [0.1, 0.15) is 37.9 Å². The van der Waals surface area contributed by atoms with E-state index < -0.39 is 0 Å². The van der Waals surface area contributed by atoms with Crippen LogP contribution in [0.3, 0.4) is 0 Å². The molecule has 0 heterocycles. The molecule has 0 spiro atoms. The van der Waals surface area contributed by atoms with Crippen molar-refractivity contribution in [1.29, 1.82) is 0 Å². The molecule has 1 N–H and O–H groups in total. The summed E-state index contributed by atoms with van der Waals surface area (Å²) in [4.78, 5) is 0. The summed E-state index contributed by atoms with van der Waals surface area (Å²) in [6.07, 6.45) is 1.14. The summed E-state index contributed by atoms with van der Waals surface area (Å²) in [6.45, 7) is 6.69. The topological polar surface area (TPSA) is 21.3 Å². The maximum absolute atomic E-state index is 5.18. The second kappa shape index (κ2) is 7.16. The predicted octanol–water partition coefficient (Wildman–Crippen LogP) is 5.07. The Labute approximate surface area is 128 Å². The number of anilines is 1. The lowest BCUT2D eigenvalue weighted by atomic mass is 10.00. The predicted molar refractivity (Wildman–Crippen MR) is 90.0 cm³/mol. The normalized spacial score (nSPS) is 12.2. The molecule has 0 aromatic heterocycles. The average molecular weight is 283 g/mol. The largest absolute Gasteiger partial charge is 0.497 e. The fraction of sp³-hybridized carbons (Fsp3) is 0.368. The summed E-state index contributed by atoms with van der Waals surface area (Å²) in [5.41, 5.74) is 3.82. The Morgan fingerprint density at radius 2 is 1.52 bits per heavy atom. The minimum atomic E-state index is 0.284. The van der Waals surface area contributed by atoms with E-state index >= 15 is 0 Å². The molecule has 1 atom stereocenters. The number of hydrogen-bond acceptors (Lipinski definition) is 2. The molecule has 0 bridgehead atoms. The second-order valence-corrected chi connectivity index (χ2v) is 5.93. The van der Waals surface area contributed by atoms with Crippen LogP contribution < -0.4 is 10.1 Å². The fourth-order valence-electron chi connectivity index (χ4n) is 2.43. The van der Waals surface area contributed by atoms with Gasteiger partial charge in [-0.2, -0.15) is 0 Å². The van der Waals surface area contributed by atoms with Gasteiger partial charge in [-0.25, -0.2) is 0 Å². The minimum Gasteiger partial charge on any atom is -0.497 e. The molecule has 2 rings (SSSR count). The van der Waals surface area contributed by atoms with Crippen molar-refractivity contribution < 1.29 is 4.74 Å². The lowest BCUT2D eigenvalue weighted by Gasteiger charge is -2.16. The highest BCUT2D eigenvalue weighted by molar-refractivity contribution is 5.48. The molecule has 0 unspecified atom stereocenters. The van der Waals surface area contributed by atoms with Crippen LogP contribution in [0.5, 0.6) is 5.75 Å². The van der Waals surface area contributed by atoms with Crippen LogP contribution in [0.4, 0.5) is 5.69 Å². The van der Waals surface area contributed by atoms with E-state index in [2.05, 4.69) is 50.4 Å². The molecule has 0 saturated carbocycles. The van der Waals surface area contributed by atoms with Crippen LogP contribution in [0.2, 0.25) is 0 Å². The van der Waals surface area contributed by atoms with E-state index in [4.69, 9.17) is 4.74 Å². The number of hydrogen-bond donors (Lipinski definition) is 1. The molecule has 0 saturated heterocycles. The zero-order valence-electron chi connectivity index (χ0n) is 13.4. The van der Waals surface area contributed by atoms with Crippen molar-refractivity contribution in [3.05, 3.63) is 59.7 Å². The molecule has 112 valence electrons. The van der Waals surface area contributed by atoms with Crippen molar-refractivity contribution in [3.8, 4) is 5.75 Å². The Kier molecular flexibility index (Phi) is 5.26. The molecule has 2 aromatic carbocycles. The van der Waals surface area contributed by atoms with E-state index in [0.29, 0.717) is 5.92 Å². The number of ether oxygens (including phenoxy) is 1. The average Bonchev–Trinajstić information content (AvgIpc) is 2.48. The van der Waals surface area contributed by atoms with E-state index in [1.165, 1.54) is 11.1 Å². The van der Waals surface area contributed by atoms with Gasteiger partial charge < -0.3 is 10.1 Å². The number of benzene rings is 2. The number of rotatable bonds is 6. The van der Waals surface area contributed by atoms with Gasteiger partial charge in [0.05, 0.1) is 7.11 Å². The summed E-state index contributed by atoms with van der Waals surface area (Å²) in [6, 6.07) is 17.2. The third-order valence-electron chi connectivity index (χ3n) is 3.60. The molecule has 2 heteroatoms. The first-order valence-electron chi connectivity index (χ1n) is 7.58. The molecule has 0 aliphatic rings. The van der Waals surface area contributed by atoms with Gasteiger partial charge in [0, 0.05) is 11.7 Å². The first-order chi connectivity index (χ1) is 10.1. The van der Waals surface area contributed by atoms with E-state index in [-0.39, 0.29) is 6.04 Å². The summed E-state index contributed by atoms with van der Waals surface area (Å²) in [7, 11) is 1.68. The maximum atomic E-state index is 5.18. The molecule has 2 aromatic rings. The van der Waals surface area contributed by atoms with Gasteiger partial charge in [-0.3, -0.25) is 0 Å². The van der Waals surface area contributed by atoms with Crippen molar-refractivity contribution >= 4 is 5.69 Å². The van der Waals surface area contributed by atoms with Crippen LogP contribution in [-0.4, -0.2) is 7.11 Å². The lowest BCUT2D eigenvalue weighted by molar-refractivity contribution is 0.415. The highest BCUT2D eigenvalue weighted by Crippen LogP contribution is 2.22. The summed E-state index contributed by atoms with van der Waals surface area (Å²) in [5.74, 6) is 1.58. The first-order valence-corrected chi connectivity index (χ1v) is 7.58. The van der Waals surface area contributed by atoms with E-state index in [1.807, 2.05) is 24.3 Å². The minimum absolute atomic E-state index is 0.284. The van der Waals surface area contributed by atoms with E-state index in [9.17, 15) is 0 Å². The van der Waals surface area contributed by atoms with Crippen molar-refractivity contribution in [1.82, 2.24) is 0 Å². The fourth-order valence-corrected chi connectivity index (χ4v) is 2.43. The van der Waals surface area contributed by atoms with Crippen LogP contribution in [0.25, 0.3) is 0 Å². The van der Waals surface area contributed by atoms with Gasteiger partial charge in [0.15, 0.2) is 0 Å². The number of methoxy groups -OCH3 is 1. The Morgan fingerprint density at radius 1 is 0.905 bits per heavy atom. The first kappa shape index (κ1) is 15.4. The van der Waals surface area contributed by atoms with Crippen LogP contribution in [-0.2, 0) is 6.42 Å². The summed E-state index contributed by atoms with van der Waals surface area (Å²) < 4.78 is 5.18. The van der Waals surface area contributed by atoms with Gasteiger partial charge in [-0.15, -0.1) is 0 Å². The smallest absolute Gasteiger partial charge is 0.119 e. The summed E-state index contributed by atoms with van der Waals surface area (Å²) in [5, 5.41) is 3.51. The molecule has 0 fully saturated rings. The van der Waals surface area contributed by atoms with Crippen molar-refractivity contribution in [2.45, 2.75) is 33.2 Å². The molecular weight excluding hydrogens is 258 g/mol. The van der Waals surface area contributed by atoms with Crippen LogP contribution >= 0.6 is 0 Å². The highest BCUT2D eigenvalue weighted by atomic mass is 16.5. The third-order valence-corrected chi connectivity index (χ3v) is 3.60. The molecule has 0 aliphatic carbocycles. The molecule has 21 heavy (non-hydrogen) atoms. The molecule has 0 aliphatic heterocycles. The monoisotopic (exact) mass is 283 g/mol. The van der Waals surface area contributed by atoms with Crippen molar-refractivity contribution in [2.75, 3.05) is 12.4 Å². The zero-order chi connectivity index (χ0) is 15.2. The quantitative estimate of drug-likeness (QED) is 0.799.